The molecule has 32 heavy (non-hydrogen) atoms. The smallest absolute Gasteiger partial charge is 0.137 e. The van der Waals surface area contributed by atoms with Crippen molar-refractivity contribution >= 4 is 22.6 Å². The third-order valence-corrected chi connectivity index (χ3v) is 5.93. The monoisotopic (exact) mass is 438 g/mol. The van der Waals surface area contributed by atoms with Crippen LogP contribution in [0.25, 0.3) is 11.0 Å². The van der Waals surface area contributed by atoms with Crippen molar-refractivity contribution in [1.29, 1.82) is 0 Å². The van der Waals surface area contributed by atoms with Crippen LogP contribution < -0.4 is 4.74 Å². The van der Waals surface area contributed by atoms with Crippen molar-refractivity contribution in [1.82, 2.24) is 9.55 Å². The van der Waals surface area contributed by atoms with Crippen LogP contribution in [0, 0.1) is 0 Å². The molecule has 0 N–H and O–H groups in total. The van der Waals surface area contributed by atoms with Gasteiger partial charge in [-0.2, -0.15) is 0 Å². The van der Waals surface area contributed by atoms with Crippen LogP contribution >= 0.6 is 11.6 Å². The van der Waals surface area contributed by atoms with Gasteiger partial charge in [-0.1, -0.05) is 96.5 Å². The van der Waals surface area contributed by atoms with E-state index in [1.807, 2.05) is 42.5 Å². The Labute approximate surface area is 192 Å². The molecule has 0 fully saturated rings. The Morgan fingerprint density at radius 3 is 2.00 bits per heavy atom. The minimum absolute atomic E-state index is 0.0186. The number of fused-ring (bicyclic) bond motifs is 1. The van der Waals surface area contributed by atoms with Gasteiger partial charge in [0, 0.05) is 0 Å². The first kappa shape index (κ1) is 20.3. The van der Waals surface area contributed by atoms with Crippen LogP contribution in [-0.4, -0.2) is 16.2 Å². The second kappa shape index (κ2) is 9.29. The highest BCUT2D eigenvalue weighted by Gasteiger charge is 2.23. The first-order valence-electron chi connectivity index (χ1n) is 10.7. The molecule has 5 aromatic rings. The molecular formula is C28H23ClN2O. The molecule has 0 aliphatic heterocycles. The summed E-state index contributed by atoms with van der Waals surface area (Å²) in [5.74, 6) is 1.72. The molecule has 5 rings (SSSR count). The normalized spacial score (nSPS) is 11.2. The Morgan fingerprint density at radius 2 is 1.31 bits per heavy atom. The fraction of sp³-hybridized carbons (Fsp3) is 0.107. The van der Waals surface area contributed by atoms with Crippen molar-refractivity contribution < 1.29 is 4.74 Å². The molecule has 0 aliphatic rings. The van der Waals surface area contributed by atoms with E-state index < -0.39 is 0 Å². The van der Waals surface area contributed by atoms with Gasteiger partial charge in [-0.25, -0.2) is 4.98 Å². The summed E-state index contributed by atoms with van der Waals surface area (Å²) in [6.45, 7) is 1.16. The van der Waals surface area contributed by atoms with Gasteiger partial charge in [-0.15, -0.1) is 0 Å². The molecule has 158 valence electrons. The summed E-state index contributed by atoms with van der Waals surface area (Å²) in [6, 6.07) is 36.9. The van der Waals surface area contributed by atoms with E-state index in [9.17, 15) is 0 Å². The number of para-hydroxylation sites is 3. The zero-order chi connectivity index (χ0) is 21.8. The average Bonchev–Trinajstić information content (AvgIpc) is 3.20. The third-order valence-electron chi connectivity index (χ3n) is 5.62. The molecule has 0 saturated carbocycles. The van der Waals surface area contributed by atoms with Gasteiger partial charge in [0.25, 0.3) is 0 Å². The van der Waals surface area contributed by atoms with E-state index in [0.29, 0.717) is 23.9 Å². The van der Waals surface area contributed by atoms with E-state index in [1.165, 1.54) is 11.1 Å². The lowest BCUT2D eigenvalue weighted by Gasteiger charge is -2.20. The second-order valence-electron chi connectivity index (χ2n) is 7.64. The molecule has 0 spiro atoms. The van der Waals surface area contributed by atoms with Crippen LogP contribution in [0.3, 0.4) is 0 Å². The van der Waals surface area contributed by atoms with Crippen LogP contribution in [0.5, 0.6) is 5.75 Å². The van der Waals surface area contributed by atoms with Gasteiger partial charge >= 0.3 is 0 Å². The first-order chi connectivity index (χ1) is 15.8. The predicted octanol–water partition coefficient (Wildman–Crippen LogP) is 6.95. The van der Waals surface area contributed by atoms with E-state index in [0.717, 1.165) is 16.9 Å². The largest absolute Gasteiger partial charge is 0.490 e. The van der Waals surface area contributed by atoms with Crippen molar-refractivity contribution in [3.63, 3.8) is 0 Å². The summed E-state index contributed by atoms with van der Waals surface area (Å²) >= 11 is 6.28. The molecular weight excluding hydrogens is 416 g/mol. The van der Waals surface area contributed by atoms with Gasteiger partial charge in [-0.3, -0.25) is 0 Å². The Kier molecular flexibility index (Phi) is 5.91. The molecule has 0 unspecified atom stereocenters. The highest BCUT2D eigenvalue weighted by molar-refractivity contribution is 6.32. The summed E-state index contributed by atoms with van der Waals surface area (Å²) < 4.78 is 8.30. The van der Waals surface area contributed by atoms with Gasteiger partial charge in [0.05, 0.1) is 28.5 Å². The minimum Gasteiger partial charge on any atom is -0.490 e. The number of benzene rings is 4. The lowest BCUT2D eigenvalue weighted by Crippen LogP contribution is -2.15. The zero-order valence-electron chi connectivity index (χ0n) is 17.6. The first-order valence-corrected chi connectivity index (χ1v) is 11.1. The molecule has 0 bridgehead atoms. The Balaban J connectivity index is 1.57. The summed E-state index contributed by atoms with van der Waals surface area (Å²) in [4.78, 5) is 5.09. The standard InChI is InChI=1S/C28H23ClN2O/c29-23-15-7-10-18-26(23)32-20-19-31-25-17-9-8-16-24(25)30-28(31)27(21-11-3-1-4-12-21)22-13-5-2-6-14-22/h1-18,27H,19-20H2. The van der Waals surface area contributed by atoms with Crippen LogP contribution in [0.2, 0.25) is 5.02 Å². The number of rotatable bonds is 7. The molecule has 0 radical (unpaired) electrons. The lowest BCUT2D eigenvalue weighted by atomic mass is 9.90. The average molecular weight is 439 g/mol. The quantitative estimate of drug-likeness (QED) is 0.275. The maximum atomic E-state index is 6.28. The van der Waals surface area contributed by atoms with Crippen molar-refractivity contribution in [2.45, 2.75) is 12.5 Å². The maximum Gasteiger partial charge on any atom is 0.137 e. The van der Waals surface area contributed by atoms with E-state index in [4.69, 9.17) is 21.3 Å². The zero-order valence-corrected chi connectivity index (χ0v) is 18.3. The fourth-order valence-electron chi connectivity index (χ4n) is 4.14. The molecule has 0 amide bonds. The van der Waals surface area contributed by atoms with Crippen molar-refractivity contribution in [2.24, 2.45) is 0 Å². The third kappa shape index (κ3) is 4.12. The number of hydrogen-bond acceptors (Lipinski definition) is 2. The van der Waals surface area contributed by atoms with Gasteiger partial charge in [0.2, 0.25) is 0 Å². The molecule has 0 saturated heterocycles. The second-order valence-corrected chi connectivity index (χ2v) is 8.05. The van der Waals surface area contributed by atoms with Crippen LogP contribution in [0.4, 0.5) is 0 Å². The van der Waals surface area contributed by atoms with Crippen LogP contribution in [-0.2, 0) is 6.54 Å². The highest BCUT2D eigenvalue weighted by atomic mass is 35.5. The molecule has 3 nitrogen and oxygen atoms in total. The van der Waals surface area contributed by atoms with Gasteiger partial charge < -0.3 is 9.30 Å². The predicted molar refractivity (Wildman–Crippen MR) is 131 cm³/mol. The van der Waals surface area contributed by atoms with Crippen molar-refractivity contribution in [3.8, 4) is 5.75 Å². The van der Waals surface area contributed by atoms with Crippen molar-refractivity contribution in [3.05, 3.63) is 131 Å². The highest BCUT2D eigenvalue weighted by Crippen LogP contribution is 2.33. The summed E-state index contributed by atoms with van der Waals surface area (Å²) in [6.07, 6.45) is 0. The van der Waals surface area contributed by atoms with E-state index in [2.05, 4.69) is 71.3 Å². The minimum atomic E-state index is 0.0186. The van der Waals surface area contributed by atoms with E-state index >= 15 is 0 Å². The number of aromatic nitrogens is 2. The Morgan fingerprint density at radius 1 is 0.719 bits per heavy atom. The summed E-state index contributed by atoms with van der Waals surface area (Å²) in [5, 5.41) is 0.620. The molecule has 0 atom stereocenters. The van der Waals surface area contributed by atoms with Crippen LogP contribution in [0.1, 0.15) is 22.9 Å². The van der Waals surface area contributed by atoms with Crippen LogP contribution in [0.15, 0.2) is 109 Å². The van der Waals surface area contributed by atoms with E-state index in [1.54, 1.807) is 0 Å². The SMILES string of the molecule is Clc1ccccc1OCCn1c(C(c2ccccc2)c2ccccc2)nc2ccccc21. The maximum absolute atomic E-state index is 6.28. The molecule has 0 aliphatic carbocycles. The van der Waals surface area contributed by atoms with Gasteiger partial charge in [0.15, 0.2) is 0 Å². The number of hydrogen-bond donors (Lipinski definition) is 0. The van der Waals surface area contributed by atoms with E-state index in [-0.39, 0.29) is 5.92 Å². The van der Waals surface area contributed by atoms with Crippen molar-refractivity contribution in [2.75, 3.05) is 6.61 Å². The van der Waals surface area contributed by atoms with Gasteiger partial charge in [0.1, 0.15) is 18.2 Å². The lowest BCUT2D eigenvalue weighted by molar-refractivity contribution is 0.298. The molecule has 4 aromatic carbocycles. The molecule has 1 aromatic heterocycles. The number of imidazole rings is 1. The topological polar surface area (TPSA) is 27.1 Å². The Bertz CT molecular complexity index is 1280. The molecule has 1 heterocycles. The number of nitrogens with zero attached hydrogens (tertiary/aromatic N) is 2. The summed E-state index contributed by atoms with van der Waals surface area (Å²) in [7, 11) is 0. The summed E-state index contributed by atoms with van der Waals surface area (Å²) in [5.41, 5.74) is 4.50. The number of ether oxygens (including phenoxy) is 1. The molecule has 4 heteroatoms. The van der Waals surface area contributed by atoms with Gasteiger partial charge in [-0.05, 0) is 35.4 Å². The fourth-order valence-corrected chi connectivity index (χ4v) is 4.33. The Hall–Kier alpha value is -3.56. The number of halogens is 1.